The van der Waals surface area contributed by atoms with Crippen molar-refractivity contribution in [3.05, 3.63) is 36.1 Å². The van der Waals surface area contributed by atoms with Crippen LogP contribution in [0, 0.1) is 0 Å². The predicted molar refractivity (Wildman–Crippen MR) is 64.7 cm³/mol. The maximum absolute atomic E-state index is 10.2. The number of aliphatic hydroxyl groups is 1. The lowest BCUT2D eigenvalue weighted by molar-refractivity contribution is -0.0374. The first kappa shape index (κ1) is 10.8. The number of hydrogen-bond acceptors (Lipinski definition) is 3. The monoisotopic (exact) mass is 232 g/mol. The SMILES string of the molecule is CC1CCC(C(O)c2cc3ccccc3o2)O1. The molecule has 90 valence electrons. The zero-order valence-corrected chi connectivity index (χ0v) is 9.80. The Morgan fingerprint density at radius 2 is 2.12 bits per heavy atom. The van der Waals surface area contributed by atoms with Crippen LogP contribution in [0.25, 0.3) is 11.0 Å². The predicted octanol–water partition coefficient (Wildman–Crippen LogP) is 3.03. The van der Waals surface area contributed by atoms with Gasteiger partial charge >= 0.3 is 0 Å². The summed E-state index contributed by atoms with van der Waals surface area (Å²) in [5, 5.41) is 11.2. The van der Waals surface area contributed by atoms with Crippen molar-refractivity contribution in [2.75, 3.05) is 0 Å². The summed E-state index contributed by atoms with van der Waals surface area (Å²) >= 11 is 0. The van der Waals surface area contributed by atoms with Gasteiger partial charge in [-0.15, -0.1) is 0 Å². The van der Waals surface area contributed by atoms with E-state index in [1.807, 2.05) is 37.3 Å². The molecule has 1 aliphatic rings. The molecule has 0 radical (unpaired) electrons. The van der Waals surface area contributed by atoms with Gasteiger partial charge in [0.1, 0.15) is 17.4 Å². The van der Waals surface area contributed by atoms with Gasteiger partial charge < -0.3 is 14.3 Å². The van der Waals surface area contributed by atoms with E-state index in [9.17, 15) is 5.11 Å². The second kappa shape index (κ2) is 4.17. The van der Waals surface area contributed by atoms with Crippen molar-refractivity contribution in [3.8, 4) is 0 Å². The molecule has 0 spiro atoms. The first-order valence-electron chi connectivity index (χ1n) is 6.06. The fraction of sp³-hybridized carbons (Fsp3) is 0.429. The molecule has 3 atom stereocenters. The van der Waals surface area contributed by atoms with Crippen molar-refractivity contribution >= 4 is 11.0 Å². The highest BCUT2D eigenvalue weighted by Crippen LogP contribution is 2.32. The first-order chi connectivity index (χ1) is 8.24. The van der Waals surface area contributed by atoms with Crippen LogP contribution in [0.3, 0.4) is 0 Å². The summed E-state index contributed by atoms with van der Waals surface area (Å²) in [5.74, 6) is 0.602. The third kappa shape index (κ3) is 1.96. The Kier molecular flexibility index (Phi) is 2.65. The van der Waals surface area contributed by atoms with Gasteiger partial charge in [-0.2, -0.15) is 0 Å². The summed E-state index contributed by atoms with van der Waals surface area (Å²) in [6.07, 6.45) is 1.33. The molecular formula is C14H16O3. The number of ether oxygens (including phenoxy) is 1. The van der Waals surface area contributed by atoms with Crippen LogP contribution in [0.15, 0.2) is 34.7 Å². The van der Waals surface area contributed by atoms with E-state index in [2.05, 4.69) is 0 Å². The van der Waals surface area contributed by atoms with Gasteiger partial charge in [-0.25, -0.2) is 0 Å². The molecule has 3 unspecified atom stereocenters. The maximum Gasteiger partial charge on any atom is 0.138 e. The molecule has 3 heteroatoms. The largest absolute Gasteiger partial charge is 0.458 e. The van der Waals surface area contributed by atoms with E-state index in [1.54, 1.807) is 0 Å². The lowest BCUT2D eigenvalue weighted by Crippen LogP contribution is -2.18. The molecule has 1 aliphatic heterocycles. The van der Waals surface area contributed by atoms with Gasteiger partial charge in [0.05, 0.1) is 12.2 Å². The number of fused-ring (bicyclic) bond motifs is 1. The van der Waals surface area contributed by atoms with Crippen LogP contribution in [0.2, 0.25) is 0 Å². The number of benzene rings is 1. The fourth-order valence-corrected chi connectivity index (χ4v) is 2.40. The van der Waals surface area contributed by atoms with Gasteiger partial charge in [0, 0.05) is 5.39 Å². The van der Waals surface area contributed by atoms with Crippen molar-refractivity contribution in [3.63, 3.8) is 0 Å². The summed E-state index contributed by atoms with van der Waals surface area (Å²) in [6, 6.07) is 9.67. The van der Waals surface area contributed by atoms with Crippen molar-refractivity contribution in [1.82, 2.24) is 0 Å². The van der Waals surface area contributed by atoms with Gasteiger partial charge in [0.15, 0.2) is 0 Å². The average Bonchev–Trinajstić information content (AvgIpc) is 2.93. The van der Waals surface area contributed by atoms with E-state index < -0.39 is 6.10 Å². The molecule has 1 N–H and O–H groups in total. The quantitative estimate of drug-likeness (QED) is 0.865. The molecule has 0 bridgehead atoms. The highest BCUT2D eigenvalue weighted by molar-refractivity contribution is 5.77. The standard InChI is InChI=1S/C14H16O3/c1-9-6-7-12(16-9)14(15)13-8-10-4-2-3-5-11(10)17-13/h2-5,8-9,12,14-15H,6-7H2,1H3. The molecule has 3 rings (SSSR count). The van der Waals surface area contributed by atoms with Gasteiger partial charge in [0.25, 0.3) is 0 Å². The van der Waals surface area contributed by atoms with E-state index in [4.69, 9.17) is 9.15 Å². The zero-order valence-electron chi connectivity index (χ0n) is 9.80. The molecule has 2 heterocycles. The van der Waals surface area contributed by atoms with E-state index in [-0.39, 0.29) is 12.2 Å². The van der Waals surface area contributed by atoms with Crippen LogP contribution in [0.4, 0.5) is 0 Å². The van der Waals surface area contributed by atoms with Crippen LogP contribution < -0.4 is 0 Å². The molecule has 0 saturated carbocycles. The lowest BCUT2D eigenvalue weighted by atomic mass is 10.1. The molecular weight excluding hydrogens is 216 g/mol. The number of aliphatic hydroxyl groups excluding tert-OH is 1. The summed E-state index contributed by atoms with van der Waals surface area (Å²) in [6.45, 7) is 2.03. The Morgan fingerprint density at radius 1 is 1.29 bits per heavy atom. The van der Waals surface area contributed by atoms with Crippen LogP contribution in [-0.4, -0.2) is 17.3 Å². The molecule has 1 aromatic heterocycles. The van der Waals surface area contributed by atoms with E-state index in [1.165, 1.54) is 0 Å². The highest BCUT2D eigenvalue weighted by Gasteiger charge is 2.31. The number of para-hydroxylation sites is 1. The zero-order chi connectivity index (χ0) is 11.8. The van der Waals surface area contributed by atoms with E-state index in [0.717, 1.165) is 23.8 Å². The second-order valence-electron chi connectivity index (χ2n) is 4.69. The minimum atomic E-state index is -0.660. The van der Waals surface area contributed by atoms with E-state index >= 15 is 0 Å². The number of hydrogen-bond donors (Lipinski definition) is 1. The van der Waals surface area contributed by atoms with Crippen molar-refractivity contribution in [1.29, 1.82) is 0 Å². The van der Waals surface area contributed by atoms with E-state index in [0.29, 0.717) is 5.76 Å². The first-order valence-corrected chi connectivity index (χ1v) is 6.06. The topological polar surface area (TPSA) is 42.6 Å². The Labute approximate surface area is 100.0 Å². The Bertz CT molecular complexity index is 484. The molecule has 1 saturated heterocycles. The van der Waals surface area contributed by atoms with Gasteiger partial charge in [-0.1, -0.05) is 18.2 Å². The third-order valence-electron chi connectivity index (χ3n) is 3.35. The lowest BCUT2D eigenvalue weighted by Gasteiger charge is -2.15. The minimum absolute atomic E-state index is 0.134. The number of rotatable bonds is 2. The summed E-state index contributed by atoms with van der Waals surface area (Å²) in [7, 11) is 0. The maximum atomic E-state index is 10.2. The van der Waals surface area contributed by atoms with Gasteiger partial charge in [-0.05, 0) is 31.9 Å². The second-order valence-corrected chi connectivity index (χ2v) is 4.69. The Balaban J connectivity index is 1.87. The Morgan fingerprint density at radius 3 is 2.82 bits per heavy atom. The van der Waals surface area contributed by atoms with Gasteiger partial charge in [0.2, 0.25) is 0 Å². The van der Waals surface area contributed by atoms with Crippen LogP contribution in [-0.2, 0) is 4.74 Å². The molecule has 3 nitrogen and oxygen atoms in total. The summed E-state index contributed by atoms with van der Waals surface area (Å²) in [4.78, 5) is 0. The fourth-order valence-electron chi connectivity index (χ4n) is 2.40. The minimum Gasteiger partial charge on any atom is -0.458 e. The highest BCUT2D eigenvalue weighted by atomic mass is 16.5. The van der Waals surface area contributed by atoms with Crippen LogP contribution in [0.1, 0.15) is 31.6 Å². The van der Waals surface area contributed by atoms with Gasteiger partial charge in [-0.3, -0.25) is 0 Å². The molecule has 17 heavy (non-hydrogen) atoms. The molecule has 2 aromatic rings. The Hall–Kier alpha value is -1.32. The molecule has 0 amide bonds. The van der Waals surface area contributed by atoms with Crippen LogP contribution in [0.5, 0.6) is 0 Å². The molecule has 0 aliphatic carbocycles. The third-order valence-corrected chi connectivity index (χ3v) is 3.35. The van der Waals surface area contributed by atoms with Crippen molar-refractivity contribution in [2.45, 2.75) is 38.1 Å². The van der Waals surface area contributed by atoms with Crippen molar-refractivity contribution < 1.29 is 14.3 Å². The van der Waals surface area contributed by atoms with Crippen molar-refractivity contribution in [2.24, 2.45) is 0 Å². The molecule has 1 fully saturated rings. The average molecular weight is 232 g/mol. The normalized spacial score (nSPS) is 26.5. The summed E-state index contributed by atoms with van der Waals surface area (Å²) < 4.78 is 11.3. The smallest absolute Gasteiger partial charge is 0.138 e. The molecule has 1 aromatic carbocycles. The summed E-state index contributed by atoms with van der Waals surface area (Å²) in [5.41, 5.74) is 0.813. The van der Waals surface area contributed by atoms with Crippen LogP contribution >= 0.6 is 0 Å². The number of furan rings is 1.